The smallest absolute Gasteiger partial charge is 0.193 e. The van der Waals surface area contributed by atoms with Crippen LogP contribution in [0.4, 0.5) is 0 Å². The molecule has 0 radical (unpaired) electrons. The van der Waals surface area contributed by atoms with Crippen LogP contribution in [0.25, 0.3) is 0 Å². The largest absolute Gasteiger partial charge is 0.494 e. The Morgan fingerprint density at radius 2 is 2.08 bits per heavy atom. The van der Waals surface area contributed by atoms with Crippen LogP contribution in [0.2, 0.25) is 0 Å². The molecule has 0 bridgehead atoms. The number of nitrogens with one attached hydrogen (secondary N) is 1. The second-order valence-corrected chi connectivity index (χ2v) is 6.38. The molecule has 0 aromatic heterocycles. The highest BCUT2D eigenvalue weighted by molar-refractivity contribution is 5.80. The molecule has 6 heteroatoms. The van der Waals surface area contributed by atoms with Gasteiger partial charge in [-0.05, 0) is 43.9 Å². The first-order valence-electron chi connectivity index (χ1n) is 9.54. The summed E-state index contributed by atoms with van der Waals surface area (Å²) in [5.74, 6) is 1.86. The summed E-state index contributed by atoms with van der Waals surface area (Å²) in [4.78, 5) is 6.75. The minimum atomic E-state index is 0.351. The van der Waals surface area contributed by atoms with Crippen LogP contribution in [-0.2, 0) is 16.0 Å². The number of nitrogens with zero attached hydrogens (tertiary/aromatic N) is 2. The van der Waals surface area contributed by atoms with E-state index < -0.39 is 0 Å². The number of hydrogen-bond donors (Lipinski definition) is 1. The first-order valence-corrected chi connectivity index (χ1v) is 9.54. The van der Waals surface area contributed by atoms with Gasteiger partial charge in [-0.25, -0.2) is 0 Å². The highest BCUT2D eigenvalue weighted by Crippen LogP contribution is 2.15. The molecule has 1 heterocycles. The van der Waals surface area contributed by atoms with E-state index in [1.54, 1.807) is 7.11 Å². The number of hydrogen-bond acceptors (Lipinski definition) is 4. The number of benzene rings is 1. The number of likely N-dealkylation sites (tertiary alicyclic amines) is 1. The summed E-state index contributed by atoms with van der Waals surface area (Å²) < 4.78 is 16.6. The SMILES string of the molecule is CCOc1cccc(CNC(=NC)N2CCC(OCCCOC)CC2)c1. The molecule has 0 atom stereocenters. The maximum Gasteiger partial charge on any atom is 0.193 e. The van der Waals surface area contributed by atoms with E-state index in [0.717, 1.165) is 63.8 Å². The van der Waals surface area contributed by atoms with Crippen LogP contribution in [0.5, 0.6) is 5.75 Å². The molecule has 26 heavy (non-hydrogen) atoms. The van der Waals surface area contributed by atoms with E-state index >= 15 is 0 Å². The van der Waals surface area contributed by atoms with Crippen LogP contribution in [0.1, 0.15) is 31.7 Å². The number of ether oxygens (including phenoxy) is 3. The van der Waals surface area contributed by atoms with Crippen LogP contribution < -0.4 is 10.1 Å². The minimum absolute atomic E-state index is 0.351. The highest BCUT2D eigenvalue weighted by Gasteiger charge is 2.21. The molecule has 1 aliphatic rings. The van der Waals surface area contributed by atoms with Crippen molar-refractivity contribution in [3.8, 4) is 5.75 Å². The summed E-state index contributed by atoms with van der Waals surface area (Å²) in [6.45, 7) is 6.89. The zero-order valence-corrected chi connectivity index (χ0v) is 16.4. The fourth-order valence-corrected chi connectivity index (χ4v) is 3.11. The van der Waals surface area contributed by atoms with Gasteiger partial charge in [0.1, 0.15) is 5.75 Å². The van der Waals surface area contributed by atoms with Crippen LogP contribution in [0.15, 0.2) is 29.3 Å². The lowest BCUT2D eigenvalue weighted by atomic mass is 10.1. The first-order chi connectivity index (χ1) is 12.8. The lowest BCUT2D eigenvalue weighted by Crippen LogP contribution is -2.46. The number of methoxy groups -OCH3 is 1. The van der Waals surface area contributed by atoms with Crippen LogP contribution >= 0.6 is 0 Å². The number of guanidine groups is 1. The van der Waals surface area contributed by atoms with Gasteiger partial charge >= 0.3 is 0 Å². The lowest BCUT2D eigenvalue weighted by molar-refractivity contribution is 0.00989. The molecular formula is C20H33N3O3. The Bertz CT molecular complexity index is 543. The number of aliphatic imine (C=N–C) groups is 1. The third-order valence-corrected chi connectivity index (χ3v) is 4.46. The fraction of sp³-hybridized carbons (Fsp3) is 0.650. The van der Waals surface area contributed by atoms with Crippen molar-refractivity contribution in [1.82, 2.24) is 10.2 Å². The van der Waals surface area contributed by atoms with Gasteiger partial charge in [-0.1, -0.05) is 12.1 Å². The molecule has 1 fully saturated rings. The van der Waals surface area contributed by atoms with Crippen LogP contribution in [0.3, 0.4) is 0 Å². The molecule has 1 aromatic rings. The second-order valence-electron chi connectivity index (χ2n) is 6.38. The maximum atomic E-state index is 5.93. The molecule has 0 amide bonds. The molecule has 6 nitrogen and oxygen atoms in total. The van der Waals surface area contributed by atoms with Crippen LogP contribution in [0, 0.1) is 0 Å². The Labute approximate surface area is 157 Å². The predicted molar refractivity (Wildman–Crippen MR) is 105 cm³/mol. The van der Waals surface area contributed by atoms with Gasteiger partial charge in [0.15, 0.2) is 5.96 Å². The van der Waals surface area contributed by atoms with Gasteiger partial charge in [0.25, 0.3) is 0 Å². The first kappa shape index (κ1) is 20.5. The topological polar surface area (TPSA) is 55.3 Å². The molecule has 1 aliphatic heterocycles. The summed E-state index contributed by atoms with van der Waals surface area (Å²) in [7, 11) is 3.57. The van der Waals surface area contributed by atoms with Gasteiger partial charge < -0.3 is 24.4 Å². The van der Waals surface area contributed by atoms with E-state index in [4.69, 9.17) is 14.2 Å². The molecule has 0 saturated carbocycles. The van der Waals surface area contributed by atoms with E-state index in [1.807, 2.05) is 26.1 Å². The minimum Gasteiger partial charge on any atom is -0.494 e. The summed E-state index contributed by atoms with van der Waals surface area (Å²) in [6.07, 6.45) is 3.38. The van der Waals surface area contributed by atoms with Crippen molar-refractivity contribution in [2.24, 2.45) is 4.99 Å². The summed E-state index contributed by atoms with van der Waals surface area (Å²) in [5, 5.41) is 3.46. The van der Waals surface area contributed by atoms with E-state index in [-0.39, 0.29) is 0 Å². The van der Waals surface area contributed by atoms with Gasteiger partial charge in [0, 0.05) is 47.0 Å². The normalized spacial score (nSPS) is 16.0. The molecular weight excluding hydrogens is 330 g/mol. The van der Waals surface area contributed by atoms with Crippen molar-refractivity contribution >= 4 is 5.96 Å². The number of piperidine rings is 1. The molecule has 1 N–H and O–H groups in total. The van der Waals surface area contributed by atoms with Gasteiger partial charge in [-0.2, -0.15) is 0 Å². The zero-order chi connectivity index (χ0) is 18.6. The van der Waals surface area contributed by atoms with Crippen molar-refractivity contribution in [2.75, 3.05) is 47.1 Å². The third kappa shape index (κ3) is 6.84. The molecule has 0 unspecified atom stereocenters. The van der Waals surface area contributed by atoms with Crippen molar-refractivity contribution in [2.45, 2.75) is 38.8 Å². The molecule has 0 spiro atoms. The zero-order valence-electron chi connectivity index (χ0n) is 16.4. The van der Waals surface area contributed by atoms with Gasteiger partial charge in [0.05, 0.1) is 12.7 Å². The molecule has 1 saturated heterocycles. The Morgan fingerprint density at radius 3 is 2.77 bits per heavy atom. The molecule has 1 aromatic carbocycles. The van der Waals surface area contributed by atoms with Gasteiger partial charge in [0.2, 0.25) is 0 Å². The molecule has 0 aliphatic carbocycles. The van der Waals surface area contributed by atoms with E-state index in [2.05, 4.69) is 27.3 Å². The lowest BCUT2D eigenvalue weighted by Gasteiger charge is -2.34. The highest BCUT2D eigenvalue weighted by atomic mass is 16.5. The average Bonchev–Trinajstić information content (AvgIpc) is 2.67. The molecule has 2 rings (SSSR count). The third-order valence-electron chi connectivity index (χ3n) is 4.46. The van der Waals surface area contributed by atoms with Crippen molar-refractivity contribution in [1.29, 1.82) is 0 Å². The average molecular weight is 364 g/mol. The van der Waals surface area contributed by atoms with Gasteiger partial charge in [-0.3, -0.25) is 4.99 Å². The predicted octanol–water partition coefficient (Wildman–Crippen LogP) is 2.68. The van der Waals surface area contributed by atoms with E-state index in [9.17, 15) is 0 Å². The van der Waals surface area contributed by atoms with E-state index in [1.165, 1.54) is 5.56 Å². The van der Waals surface area contributed by atoms with E-state index in [0.29, 0.717) is 12.7 Å². The van der Waals surface area contributed by atoms with Crippen molar-refractivity contribution in [3.63, 3.8) is 0 Å². The second kappa shape index (κ2) is 11.8. The van der Waals surface area contributed by atoms with Gasteiger partial charge in [-0.15, -0.1) is 0 Å². The quantitative estimate of drug-likeness (QED) is 0.415. The molecule has 146 valence electrons. The monoisotopic (exact) mass is 363 g/mol. The summed E-state index contributed by atoms with van der Waals surface area (Å²) >= 11 is 0. The van der Waals surface area contributed by atoms with Crippen molar-refractivity contribution in [3.05, 3.63) is 29.8 Å². The Balaban J connectivity index is 1.75. The van der Waals surface area contributed by atoms with Crippen LogP contribution in [-0.4, -0.2) is 64.0 Å². The summed E-state index contributed by atoms with van der Waals surface area (Å²) in [6, 6.07) is 8.18. The Hall–Kier alpha value is -1.79. The standard InChI is InChI=1S/C20H33N3O3/c1-4-25-19-8-5-7-17(15-19)16-22-20(21-2)23-11-9-18(10-12-23)26-14-6-13-24-3/h5,7-8,15,18H,4,6,9-14,16H2,1-3H3,(H,21,22). The Kier molecular flexibility index (Phi) is 9.28. The van der Waals surface area contributed by atoms with Crippen molar-refractivity contribution < 1.29 is 14.2 Å². The fourth-order valence-electron chi connectivity index (χ4n) is 3.11. The summed E-state index contributed by atoms with van der Waals surface area (Å²) in [5.41, 5.74) is 1.19. The number of rotatable bonds is 9. The Morgan fingerprint density at radius 1 is 1.27 bits per heavy atom. The maximum absolute atomic E-state index is 5.93.